The summed E-state index contributed by atoms with van der Waals surface area (Å²) in [6.45, 7) is 2.79. The smallest absolute Gasteiger partial charge is 0.123 e. The van der Waals surface area contributed by atoms with Crippen molar-refractivity contribution < 1.29 is 4.42 Å². The molecule has 3 aromatic rings. The Bertz CT molecular complexity index is 866. The summed E-state index contributed by atoms with van der Waals surface area (Å²) in [7, 11) is 2.14. The quantitative estimate of drug-likeness (QED) is 0.483. The number of thioether (sulfide) groups is 1. The van der Waals surface area contributed by atoms with Gasteiger partial charge in [-0.15, -0.1) is 11.8 Å². The Hall–Kier alpha value is -2.14. The van der Waals surface area contributed by atoms with E-state index in [9.17, 15) is 0 Å². The van der Waals surface area contributed by atoms with E-state index < -0.39 is 0 Å². The Morgan fingerprint density at radius 3 is 2.92 bits per heavy atom. The maximum absolute atomic E-state index is 5.51. The van der Waals surface area contributed by atoms with Crippen molar-refractivity contribution in [2.45, 2.75) is 24.3 Å². The predicted molar refractivity (Wildman–Crippen MR) is 105 cm³/mol. The number of likely N-dealkylation sites (tertiary alicyclic amines) is 1. The second kappa shape index (κ2) is 7.40. The standard InChI is InChI=1S/C20H23N3OS/c1-22-11-4-9-20(22)21-10-13-25-19-15-23(14-16-6-5-12-24-16)18-8-3-2-7-17(18)19/h2-3,5-8,12,15H,4,9-11,13-14H2,1H3/b21-20+. The zero-order valence-corrected chi connectivity index (χ0v) is 15.3. The molecule has 0 saturated carbocycles. The van der Waals surface area contributed by atoms with Crippen LogP contribution in [0.25, 0.3) is 10.9 Å². The Kier molecular flexibility index (Phi) is 4.83. The van der Waals surface area contributed by atoms with Crippen LogP contribution in [0.3, 0.4) is 0 Å². The number of rotatable bonds is 6. The molecule has 0 aliphatic carbocycles. The first-order chi connectivity index (χ1) is 12.3. The van der Waals surface area contributed by atoms with Gasteiger partial charge in [-0.25, -0.2) is 0 Å². The monoisotopic (exact) mass is 353 g/mol. The predicted octanol–water partition coefficient (Wildman–Crippen LogP) is 4.50. The molecule has 5 heteroatoms. The van der Waals surface area contributed by atoms with Crippen molar-refractivity contribution in [1.29, 1.82) is 0 Å². The summed E-state index contributed by atoms with van der Waals surface area (Å²) in [4.78, 5) is 8.37. The zero-order valence-electron chi connectivity index (χ0n) is 14.5. The second-order valence-corrected chi connectivity index (χ2v) is 7.53. The van der Waals surface area contributed by atoms with Gasteiger partial charge in [0.2, 0.25) is 0 Å². The zero-order chi connectivity index (χ0) is 17.1. The summed E-state index contributed by atoms with van der Waals surface area (Å²) in [5.41, 5.74) is 1.25. The Morgan fingerprint density at radius 2 is 2.12 bits per heavy atom. The number of aliphatic imine (C=N–C) groups is 1. The SMILES string of the molecule is CN1CCC/C1=N\CCSc1cn(Cc2ccco2)c2ccccc12. The van der Waals surface area contributed by atoms with Crippen LogP contribution in [0.1, 0.15) is 18.6 Å². The molecule has 25 heavy (non-hydrogen) atoms. The lowest BCUT2D eigenvalue weighted by Crippen LogP contribution is -2.19. The lowest BCUT2D eigenvalue weighted by atomic mass is 10.2. The van der Waals surface area contributed by atoms with Crippen LogP contribution in [-0.4, -0.2) is 41.2 Å². The van der Waals surface area contributed by atoms with E-state index in [1.807, 2.05) is 23.9 Å². The molecule has 0 N–H and O–H groups in total. The van der Waals surface area contributed by atoms with Crippen molar-refractivity contribution in [2.24, 2.45) is 4.99 Å². The molecule has 130 valence electrons. The summed E-state index contributed by atoms with van der Waals surface area (Å²) in [5.74, 6) is 3.25. The van der Waals surface area contributed by atoms with Gasteiger partial charge < -0.3 is 13.9 Å². The molecule has 1 aromatic carbocycles. The first-order valence-corrected chi connectivity index (χ1v) is 9.77. The van der Waals surface area contributed by atoms with Crippen molar-refractivity contribution >= 4 is 28.5 Å². The maximum Gasteiger partial charge on any atom is 0.123 e. The Morgan fingerprint density at radius 1 is 1.20 bits per heavy atom. The third-order valence-electron chi connectivity index (χ3n) is 4.64. The molecule has 1 fully saturated rings. The van der Waals surface area contributed by atoms with Crippen LogP contribution in [0.4, 0.5) is 0 Å². The van der Waals surface area contributed by atoms with Gasteiger partial charge in [0.05, 0.1) is 25.2 Å². The number of aromatic nitrogens is 1. The average molecular weight is 353 g/mol. The third-order valence-corrected chi connectivity index (χ3v) is 5.66. The lowest BCUT2D eigenvalue weighted by molar-refractivity contribution is 0.496. The molecule has 0 spiro atoms. The van der Waals surface area contributed by atoms with Crippen molar-refractivity contribution in [3.63, 3.8) is 0 Å². The van der Waals surface area contributed by atoms with Crippen molar-refractivity contribution in [2.75, 3.05) is 25.9 Å². The van der Waals surface area contributed by atoms with E-state index in [1.165, 1.54) is 28.1 Å². The second-order valence-electron chi connectivity index (χ2n) is 6.39. The van der Waals surface area contributed by atoms with E-state index in [0.29, 0.717) is 0 Å². The first kappa shape index (κ1) is 16.3. The number of hydrogen-bond donors (Lipinski definition) is 0. The fraction of sp³-hybridized carbons (Fsp3) is 0.350. The molecule has 1 saturated heterocycles. The number of fused-ring (bicyclic) bond motifs is 1. The van der Waals surface area contributed by atoms with E-state index in [-0.39, 0.29) is 0 Å². The highest BCUT2D eigenvalue weighted by molar-refractivity contribution is 7.99. The van der Waals surface area contributed by atoms with Gasteiger partial charge in [-0.05, 0) is 24.6 Å². The molecule has 1 aliphatic heterocycles. The van der Waals surface area contributed by atoms with Gasteiger partial charge in [0, 0.05) is 47.8 Å². The molecule has 0 atom stereocenters. The van der Waals surface area contributed by atoms with Gasteiger partial charge in [-0.1, -0.05) is 18.2 Å². The van der Waals surface area contributed by atoms with Crippen LogP contribution in [-0.2, 0) is 6.54 Å². The molecule has 0 amide bonds. The van der Waals surface area contributed by atoms with Crippen LogP contribution >= 0.6 is 11.8 Å². The number of amidine groups is 1. The fourth-order valence-electron chi connectivity index (χ4n) is 3.35. The van der Waals surface area contributed by atoms with Crippen LogP contribution < -0.4 is 0 Å². The summed E-state index contributed by atoms with van der Waals surface area (Å²) < 4.78 is 7.78. The van der Waals surface area contributed by atoms with Crippen molar-refractivity contribution in [3.8, 4) is 0 Å². The number of para-hydroxylation sites is 1. The molecule has 0 radical (unpaired) electrons. The van der Waals surface area contributed by atoms with Gasteiger partial charge in [-0.2, -0.15) is 0 Å². The number of benzene rings is 1. The van der Waals surface area contributed by atoms with Gasteiger partial charge in [0.15, 0.2) is 0 Å². The average Bonchev–Trinajstić information content (AvgIpc) is 3.35. The minimum absolute atomic E-state index is 0.765. The maximum atomic E-state index is 5.51. The lowest BCUT2D eigenvalue weighted by Gasteiger charge is -2.10. The first-order valence-electron chi connectivity index (χ1n) is 8.79. The van der Waals surface area contributed by atoms with Gasteiger partial charge >= 0.3 is 0 Å². The van der Waals surface area contributed by atoms with Crippen LogP contribution in [0, 0.1) is 0 Å². The fourth-order valence-corrected chi connectivity index (χ4v) is 4.29. The number of nitrogens with zero attached hydrogens (tertiary/aromatic N) is 3. The van der Waals surface area contributed by atoms with Crippen molar-refractivity contribution in [3.05, 3.63) is 54.6 Å². The van der Waals surface area contributed by atoms with Gasteiger partial charge in [0.1, 0.15) is 5.76 Å². The summed E-state index contributed by atoms with van der Waals surface area (Å²) in [5, 5.41) is 1.31. The van der Waals surface area contributed by atoms with Crippen LogP contribution in [0.5, 0.6) is 0 Å². The van der Waals surface area contributed by atoms with Crippen LogP contribution in [0.15, 0.2) is 63.2 Å². The molecular formula is C20H23N3OS. The van der Waals surface area contributed by atoms with E-state index in [4.69, 9.17) is 9.41 Å². The van der Waals surface area contributed by atoms with E-state index >= 15 is 0 Å². The normalized spacial score (nSPS) is 16.4. The van der Waals surface area contributed by atoms with Crippen molar-refractivity contribution in [1.82, 2.24) is 9.47 Å². The molecule has 0 bridgehead atoms. The summed E-state index contributed by atoms with van der Waals surface area (Å²) in [6.07, 6.45) is 6.34. The molecule has 1 aliphatic rings. The minimum Gasteiger partial charge on any atom is -0.467 e. The Balaban J connectivity index is 1.47. The highest BCUT2D eigenvalue weighted by Crippen LogP contribution is 2.30. The number of hydrogen-bond acceptors (Lipinski definition) is 3. The largest absolute Gasteiger partial charge is 0.467 e. The third kappa shape index (κ3) is 3.61. The minimum atomic E-state index is 0.765. The number of furan rings is 1. The molecule has 2 aromatic heterocycles. The molecule has 0 unspecified atom stereocenters. The molecule has 4 rings (SSSR count). The topological polar surface area (TPSA) is 33.7 Å². The highest BCUT2D eigenvalue weighted by atomic mass is 32.2. The summed E-state index contributed by atoms with van der Waals surface area (Å²) in [6, 6.07) is 12.5. The van der Waals surface area contributed by atoms with E-state index in [2.05, 4.69) is 47.0 Å². The van der Waals surface area contributed by atoms with Crippen LogP contribution in [0.2, 0.25) is 0 Å². The molecule has 4 nitrogen and oxygen atoms in total. The van der Waals surface area contributed by atoms with Gasteiger partial charge in [-0.3, -0.25) is 4.99 Å². The molecular weight excluding hydrogens is 330 g/mol. The highest BCUT2D eigenvalue weighted by Gasteiger charge is 2.13. The summed E-state index contributed by atoms with van der Waals surface area (Å²) >= 11 is 1.89. The Labute approximate surface area is 152 Å². The molecule has 3 heterocycles. The van der Waals surface area contributed by atoms with E-state index in [1.54, 1.807) is 6.26 Å². The van der Waals surface area contributed by atoms with Gasteiger partial charge in [0.25, 0.3) is 0 Å². The van der Waals surface area contributed by atoms with E-state index in [0.717, 1.165) is 37.6 Å².